The molecule has 3 aromatic rings. The fraction of sp³-hybridized carbons (Fsp3) is 0.387. The van der Waals surface area contributed by atoms with E-state index in [1.807, 2.05) is 43.3 Å². The van der Waals surface area contributed by atoms with E-state index in [1.165, 1.54) is 12.1 Å². The molecule has 0 radical (unpaired) electrons. The third-order valence-corrected chi connectivity index (χ3v) is 7.19. The molecule has 3 rings (SSSR count). The van der Waals surface area contributed by atoms with E-state index in [0.29, 0.717) is 17.7 Å². The molecule has 0 aliphatic rings. The Morgan fingerprint density at radius 1 is 0.976 bits per heavy atom. The number of aliphatic hydroxyl groups excluding tert-OH is 1. The molecule has 0 aliphatic heterocycles. The van der Waals surface area contributed by atoms with Crippen LogP contribution in [0.25, 0.3) is 0 Å². The molecule has 41 heavy (non-hydrogen) atoms. The molecule has 0 aromatic heterocycles. The quantitative estimate of drug-likeness (QED) is 0.168. The first-order chi connectivity index (χ1) is 18.7. The van der Waals surface area contributed by atoms with Gasteiger partial charge in [0.2, 0.25) is 0 Å². The zero-order valence-corrected chi connectivity index (χ0v) is 27.4. The first-order valence-corrected chi connectivity index (χ1v) is 14.5. The van der Waals surface area contributed by atoms with Gasteiger partial charge in [-0.05, 0) is 109 Å². The fourth-order valence-corrected chi connectivity index (χ4v) is 5.29. The number of carbonyl (C=O) groups is 1. The van der Waals surface area contributed by atoms with E-state index >= 15 is 0 Å². The number of hydrogen-bond acceptors (Lipinski definition) is 4. The van der Waals surface area contributed by atoms with Crippen LogP contribution in [0.2, 0.25) is 0 Å². The summed E-state index contributed by atoms with van der Waals surface area (Å²) in [6.45, 7) is 9.56. The van der Waals surface area contributed by atoms with Crippen LogP contribution in [-0.4, -0.2) is 47.7 Å². The summed E-state index contributed by atoms with van der Waals surface area (Å²) in [7, 11) is 0. The Labute approximate surface area is 268 Å². The highest BCUT2D eigenvalue weighted by molar-refractivity contribution is 14.1. The maximum absolute atomic E-state index is 13.9. The van der Waals surface area contributed by atoms with Gasteiger partial charge in [-0.3, -0.25) is 9.69 Å². The second-order valence-corrected chi connectivity index (χ2v) is 11.2. The van der Waals surface area contributed by atoms with Crippen molar-refractivity contribution in [2.75, 3.05) is 19.6 Å². The van der Waals surface area contributed by atoms with Crippen LogP contribution in [0.15, 0.2) is 60.7 Å². The molecular weight excluding hydrogens is 682 g/mol. The van der Waals surface area contributed by atoms with E-state index in [4.69, 9.17) is 0 Å². The molecule has 3 aromatic carbocycles. The summed E-state index contributed by atoms with van der Waals surface area (Å²) in [5.41, 5.74) is 3.93. The zero-order chi connectivity index (χ0) is 28.4. The van der Waals surface area contributed by atoms with Crippen molar-refractivity contribution in [3.63, 3.8) is 0 Å². The van der Waals surface area contributed by atoms with Gasteiger partial charge < -0.3 is 15.7 Å². The average Bonchev–Trinajstić information content (AvgIpc) is 2.87. The monoisotopic (exact) mass is 721 g/mol. The lowest BCUT2D eigenvalue weighted by atomic mass is 9.99. The highest BCUT2D eigenvalue weighted by atomic mass is 127. The molecule has 0 saturated carbocycles. The van der Waals surface area contributed by atoms with Gasteiger partial charge in [-0.1, -0.05) is 37.6 Å². The predicted octanol–water partition coefficient (Wildman–Crippen LogP) is 6.45. The lowest BCUT2D eigenvalue weighted by Crippen LogP contribution is -2.48. The molecule has 2 atom stereocenters. The van der Waals surface area contributed by atoms with E-state index < -0.39 is 23.8 Å². The summed E-state index contributed by atoms with van der Waals surface area (Å²) in [5, 5.41) is 17.3. The molecule has 10 heteroatoms. The van der Waals surface area contributed by atoms with Gasteiger partial charge in [0.15, 0.2) is 0 Å². The Hall–Kier alpha value is -1.82. The molecule has 0 spiro atoms. The Morgan fingerprint density at radius 2 is 1.68 bits per heavy atom. The first kappa shape index (κ1) is 37.2. The number of amides is 1. The zero-order valence-electron chi connectivity index (χ0n) is 23.6. The molecule has 1 amide bonds. The van der Waals surface area contributed by atoms with Crippen LogP contribution in [0.4, 0.5) is 8.78 Å². The van der Waals surface area contributed by atoms with Crippen molar-refractivity contribution >= 4 is 53.3 Å². The number of aliphatic hydroxyl groups is 1. The molecule has 0 fully saturated rings. The molecule has 0 aliphatic carbocycles. The van der Waals surface area contributed by atoms with Crippen molar-refractivity contribution < 1.29 is 18.7 Å². The minimum Gasteiger partial charge on any atom is -0.390 e. The molecule has 3 N–H and O–H groups in total. The first-order valence-electron chi connectivity index (χ1n) is 13.4. The Morgan fingerprint density at radius 3 is 2.32 bits per heavy atom. The summed E-state index contributed by atoms with van der Waals surface area (Å²) < 4.78 is 28.9. The molecule has 0 unspecified atom stereocenters. The predicted molar refractivity (Wildman–Crippen MR) is 175 cm³/mol. The minimum absolute atomic E-state index is 0. The van der Waals surface area contributed by atoms with E-state index in [1.54, 1.807) is 0 Å². The smallest absolute Gasteiger partial charge is 0.251 e. The van der Waals surface area contributed by atoms with Crippen molar-refractivity contribution in [2.24, 2.45) is 0 Å². The Kier molecular flexibility index (Phi) is 16.9. The van der Waals surface area contributed by atoms with Crippen molar-refractivity contribution in [2.45, 2.75) is 58.8 Å². The van der Waals surface area contributed by atoms with Gasteiger partial charge in [0.1, 0.15) is 11.6 Å². The summed E-state index contributed by atoms with van der Waals surface area (Å²) >= 11 is 2.25. The standard InChI is InChI=1S/C31H38F2IN3O2.2ClH/c1-4-9-37(5-2)20-24-10-21(3)11-25(12-24)31(39)36-29(16-23-13-26(32)17-27(33)14-23)30(38)19-35-18-22-7-6-8-28(34)15-22;;/h6-8,10-15,17,29-30,35,38H,4-5,9,16,18-20H2,1-3H3,(H,36,39);2*1H/t29-,30+;;/m0../s1. The molecule has 0 bridgehead atoms. The number of nitrogens with one attached hydrogen (secondary N) is 2. The third kappa shape index (κ3) is 12.5. The van der Waals surface area contributed by atoms with Crippen LogP contribution < -0.4 is 10.6 Å². The summed E-state index contributed by atoms with van der Waals surface area (Å²) in [6, 6.07) is 16.3. The number of carbonyl (C=O) groups excluding carboxylic acids is 1. The van der Waals surface area contributed by atoms with Crippen LogP contribution in [0.5, 0.6) is 0 Å². The Bertz CT molecular complexity index is 1230. The van der Waals surface area contributed by atoms with Crippen molar-refractivity contribution in [1.82, 2.24) is 15.5 Å². The topological polar surface area (TPSA) is 64.6 Å². The molecular formula is C31H40Cl2F2IN3O2. The van der Waals surface area contributed by atoms with E-state index in [2.05, 4.69) is 58.0 Å². The lowest BCUT2D eigenvalue weighted by molar-refractivity contribution is 0.0829. The number of halogens is 5. The lowest BCUT2D eigenvalue weighted by Gasteiger charge is -2.25. The number of hydrogen-bond donors (Lipinski definition) is 3. The normalized spacial score (nSPS) is 12.3. The second kappa shape index (κ2) is 18.7. The minimum atomic E-state index is -0.993. The summed E-state index contributed by atoms with van der Waals surface area (Å²) in [6.07, 6.45) is 0.128. The van der Waals surface area contributed by atoms with Gasteiger partial charge in [0, 0.05) is 34.8 Å². The van der Waals surface area contributed by atoms with Crippen LogP contribution in [0.3, 0.4) is 0 Å². The average molecular weight is 722 g/mol. The second-order valence-electron chi connectivity index (χ2n) is 9.97. The van der Waals surface area contributed by atoms with Gasteiger partial charge in [0.25, 0.3) is 5.91 Å². The maximum atomic E-state index is 13.9. The highest BCUT2D eigenvalue weighted by Crippen LogP contribution is 2.16. The largest absolute Gasteiger partial charge is 0.390 e. The summed E-state index contributed by atoms with van der Waals surface area (Å²) in [5.74, 6) is -1.73. The SMILES string of the molecule is CCCN(CC)Cc1cc(C)cc(C(=O)N[C@@H](Cc2cc(F)cc(F)c2)[C@H](O)CNCc2cccc(I)c2)c1.Cl.Cl. The van der Waals surface area contributed by atoms with Gasteiger partial charge in [0.05, 0.1) is 12.1 Å². The highest BCUT2D eigenvalue weighted by Gasteiger charge is 2.23. The van der Waals surface area contributed by atoms with Gasteiger partial charge in [-0.25, -0.2) is 8.78 Å². The van der Waals surface area contributed by atoms with Crippen LogP contribution in [0, 0.1) is 22.1 Å². The van der Waals surface area contributed by atoms with Crippen molar-refractivity contribution in [3.8, 4) is 0 Å². The third-order valence-electron chi connectivity index (χ3n) is 6.52. The van der Waals surface area contributed by atoms with Crippen LogP contribution in [-0.2, 0) is 19.5 Å². The number of rotatable bonds is 14. The van der Waals surface area contributed by atoms with Crippen LogP contribution in [0.1, 0.15) is 52.9 Å². The van der Waals surface area contributed by atoms with Crippen molar-refractivity contribution in [3.05, 3.63) is 104 Å². The number of benzene rings is 3. The van der Waals surface area contributed by atoms with E-state index in [-0.39, 0.29) is 43.7 Å². The van der Waals surface area contributed by atoms with Crippen LogP contribution >= 0.6 is 47.4 Å². The van der Waals surface area contributed by atoms with Gasteiger partial charge in [-0.15, -0.1) is 24.8 Å². The van der Waals surface area contributed by atoms with Crippen molar-refractivity contribution in [1.29, 1.82) is 0 Å². The summed E-state index contributed by atoms with van der Waals surface area (Å²) in [4.78, 5) is 15.7. The number of aryl methyl sites for hydroxylation is 1. The maximum Gasteiger partial charge on any atom is 0.251 e. The van der Waals surface area contributed by atoms with Gasteiger partial charge >= 0.3 is 0 Å². The molecule has 0 heterocycles. The fourth-order valence-electron chi connectivity index (χ4n) is 4.68. The Balaban J connectivity index is 0.00000420. The number of nitrogens with zero attached hydrogens (tertiary/aromatic N) is 1. The molecule has 226 valence electrons. The van der Waals surface area contributed by atoms with Gasteiger partial charge in [-0.2, -0.15) is 0 Å². The van der Waals surface area contributed by atoms with E-state index in [0.717, 1.165) is 52.4 Å². The van der Waals surface area contributed by atoms with E-state index in [9.17, 15) is 18.7 Å². The molecule has 0 saturated heterocycles. The molecule has 5 nitrogen and oxygen atoms in total.